The summed E-state index contributed by atoms with van der Waals surface area (Å²) < 4.78 is 11.2. The van der Waals surface area contributed by atoms with Gasteiger partial charge in [-0.25, -0.2) is 4.98 Å². The Labute approximate surface area is 114 Å². The lowest BCUT2D eigenvalue weighted by atomic mass is 9.91. The van der Waals surface area contributed by atoms with Gasteiger partial charge in [-0.3, -0.25) is 0 Å². The lowest BCUT2D eigenvalue weighted by Crippen LogP contribution is -2.13. The molecule has 1 aromatic carbocycles. The molecule has 2 rings (SSSR count). The zero-order valence-electron chi connectivity index (χ0n) is 12.3. The fourth-order valence-electron chi connectivity index (χ4n) is 2.08. The van der Waals surface area contributed by atoms with Gasteiger partial charge in [0.1, 0.15) is 11.5 Å². The number of benzene rings is 1. The van der Waals surface area contributed by atoms with Gasteiger partial charge < -0.3 is 9.15 Å². The first-order valence-electron chi connectivity index (χ1n) is 6.63. The molecule has 0 aliphatic carbocycles. The van der Waals surface area contributed by atoms with E-state index in [0.29, 0.717) is 12.5 Å². The fraction of sp³-hybridized carbons (Fsp3) is 0.438. The predicted molar refractivity (Wildman–Crippen MR) is 76.5 cm³/mol. The van der Waals surface area contributed by atoms with Crippen LogP contribution in [0.15, 0.2) is 28.7 Å². The van der Waals surface area contributed by atoms with Crippen molar-refractivity contribution in [3.8, 4) is 17.2 Å². The fourth-order valence-corrected chi connectivity index (χ4v) is 2.08. The van der Waals surface area contributed by atoms with Crippen molar-refractivity contribution >= 4 is 0 Å². The molecule has 0 unspecified atom stereocenters. The van der Waals surface area contributed by atoms with Gasteiger partial charge >= 0.3 is 0 Å². The molecule has 3 nitrogen and oxygen atoms in total. The number of hydrogen-bond acceptors (Lipinski definition) is 3. The second kappa shape index (κ2) is 5.08. The monoisotopic (exact) mass is 259 g/mol. The summed E-state index contributed by atoms with van der Waals surface area (Å²) in [6.07, 6.45) is 0. The number of nitrogens with zero attached hydrogens (tertiary/aromatic N) is 1. The first-order valence-corrected chi connectivity index (χ1v) is 6.63. The Morgan fingerprint density at radius 1 is 1.16 bits per heavy atom. The molecule has 0 radical (unpaired) electrons. The first-order chi connectivity index (χ1) is 8.91. The number of aryl methyl sites for hydroxylation is 1. The molecule has 0 bridgehead atoms. The van der Waals surface area contributed by atoms with Crippen molar-refractivity contribution in [2.24, 2.45) is 0 Å². The molecule has 0 spiro atoms. The van der Waals surface area contributed by atoms with E-state index < -0.39 is 0 Å². The Bertz CT molecular complexity index is 547. The standard InChI is InChI=1S/C16H21NO2/c1-6-18-13-9-7-12(8-10-13)15-17-14(11(2)19-15)16(3,4)5/h7-10H,6H2,1-5H3. The van der Waals surface area contributed by atoms with Crippen molar-refractivity contribution in [3.05, 3.63) is 35.7 Å². The summed E-state index contributed by atoms with van der Waals surface area (Å²) in [5, 5.41) is 0. The number of aromatic nitrogens is 1. The highest BCUT2D eigenvalue weighted by Gasteiger charge is 2.22. The van der Waals surface area contributed by atoms with Crippen molar-refractivity contribution in [2.75, 3.05) is 6.61 Å². The van der Waals surface area contributed by atoms with E-state index in [1.807, 2.05) is 38.1 Å². The maximum Gasteiger partial charge on any atom is 0.226 e. The number of ether oxygens (including phenoxy) is 1. The van der Waals surface area contributed by atoms with E-state index in [0.717, 1.165) is 22.8 Å². The third-order valence-electron chi connectivity index (χ3n) is 2.92. The van der Waals surface area contributed by atoms with Gasteiger partial charge in [-0.05, 0) is 38.1 Å². The third-order valence-corrected chi connectivity index (χ3v) is 2.92. The van der Waals surface area contributed by atoms with Gasteiger partial charge in [-0.1, -0.05) is 20.8 Å². The summed E-state index contributed by atoms with van der Waals surface area (Å²) in [6.45, 7) is 11.0. The quantitative estimate of drug-likeness (QED) is 0.822. The van der Waals surface area contributed by atoms with E-state index in [1.165, 1.54) is 0 Å². The molecule has 102 valence electrons. The van der Waals surface area contributed by atoms with Crippen molar-refractivity contribution in [1.82, 2.24) is 4.98 Å². The molecular weight excluding hydrogens is 238 g/mol. The summed E-state index contributed by atoms with van der Waals surface area (Å²) in [6, 6.07) is 7.83. The summed E-state index contributed by atoms with van der Waals surface area (Å²) in [7, 11) is 0. The number of oxazole rings is 1. The minimum atomic E-state index is -0.00288. The predicted octanol–water partition coefficient (Wildman–Crippen LogP) is 4.35. The smallest absolute Gasteiger partial charge is 0.226 e. The van der Waals surface area contributed by atoms with Gasteiger partial charge in [-0.15, -0.1) is 0 Å². The van der Waals surface area contributed by atoms with Crippen LogP contribution < -0.4 is 4.74 Å². The van der Waals surface area contributed by atoms with Crippen LogP contribution in [0.5, 0.6) is 5.75 Å². The molecule has 0 atom stereocenters. The molecule has 3 heteroatoms. The van der Waals surface area contributed by atoms with Crippen LogP contribution in [0.1, 0.15) is 39.1 Å². The Morgan fingerprint density at radius 2 is 1.79 bits per heavy atom. The minimum Gasteiger partial charge on any atom is -0.494 e. The lowest BCUT2D eigenvalue weighted by Gasteiger charge is -2.14. The van der Waals surface area contributed by atoms with Crippen LogP contribution >= 0.6 is 0 Å². The van der Waals surface area contributed by atoms with Crippen LogP contribution in [0.4, 0.5) is 0 Å². The molecule has 0 aliphatic rings. The molecular formula is C16H21NO2. The van der Waals surface area contributed by atoms with E-state index in [-0.39, 0.29) is 5.41 Å². The zero-order valence-corrected chi connectivity index (χ0v) is 12.3. The van der Waals surface area contributed by atoms with E-state index in [9.17, 15) is 0 Å². The van der Waals surface area contributed by atoms with Crippen molar-refractivity contribution in [1.29, 1.82) is 0 Å². The second-order valence-electron chi connectivity index (χ2n) is 5.63. The van der Waals surface area contributed by atoms with Gasteiger partial charge in [0.15, 0.2) is 0 Å². The Morgan fingerprint density at radius 3 is 2.26 bits per heavy atom. The van der Waals surface area contributed by atoms with E-state index >= 15 is 0 Å². The minimum absolute atomic E-state index is 0.00288. The van der Waals surface area contributed by atoms with Gasteiger partial charge in [0.2, 0.25) is 5.89 Å². The number of rotatable bonds is 3. The molecule has 1 heterocycles. The van der Waals surface area contributed by atoms with Gasteiger partial charge in [0.05, 0.1) is 12.3 Å². The summed E-state index contributed by atoms with van der Waals surface area (Å²) in [5.41, 5.74) is 1.98. The van der Waals surface area contributed by atoms with Gasteiger partial charge in [0.25, 0.3) is 0 Å². The maximum absolute atomic E-state index is 5.78. The van der Waals surface area contributed by atoms with E-state index in [2.05, 4.69) is 25.8 Å². The van der Waals surface area contributed by atoms with Crippen LogP contribution in [0, 0.1) is 6.92 Å². The maximum atomic E-state index is 5.78. The topological polar surface area (TPSA) is 35.3 Å². The van der Waals surface area contributed by atoms with E-state index in [1.54, 1.807) is 0 Å². The largest absolute Gasteiger partial charge is 0.494 e. The van der Waals surface area contributed by atoms with Crippen molar-refractivity contribution in [2.45, 2.75) is 40.0 Å². The normalized spacial score (nSPS) is 11.6. The molecule has 0 aliphatic heterocycles. The summed E-state index contributed by atoms with van der Waals surface area (Å²) in [4.78, 5) is 4.62. The third kappa shape index (κ3) is 2.98. The molecule has 0 amide bonds. The van der Waals surface area contributed by atoms with Gasteiger partial charge in [0, 0.05) is 11.0 Å². The molecule has 0 saturated carbocycles. The second-order valence-corrected chi connectivity index (χ2v) is 5.63. The molecule has 0 fully saturated rings. The average molecular weight is 259 g/mol. The molecule has 1 aromatic heterocycles. The Balaban J connectivity index is 2.32. The van der Waals surface area contributed by atoms with Crippen molar-refractivity contribution in [3.63, 3.8) is 0 Å². The Kier molecular flexibility index (Phi) is 3.65. The number of hydrogen-bond donors (Lipinski definition) is 0. The summed E-state index contributed by atoms with van der Waals surface area (Å²) >= 11 is 0. The molecule has 2 aromatic rings. The van der Waals surface area contributed by atoms with Crippen LogP contribution in [0.3, 0.4) is 0 Å². The molecule has 0 saturated heterocycles. The van der Waals surface area contributed by atoms with Crippen LogP contribution in [-0.2, 0) is 5.41 Å². The SMILES string of the molecule is CCOc1ccc(-c2nc(C(C)(C)C)c(C)o2)cc1. The van der Waals surface area contributed by atoms with Crippen LogP contribution in [-0.4, -0.2) is 11.6 Å². The van der Waals surface area contributed by atoms with Gasteiger partial charge in [-0.2, -0.15) is 0 Å². The molecule has 0 N–H and O–H groups in total. The highest BCUT2D eigenvalue weighted by molar-refractivity contribution is 5.55. The van der Waals surface area contributed by atoms with Crippen molar-refractivity contribution < 1.29 is 9.15 Å². The first kappa shape index (κ1) is 13.7. The highest BCUT2D eigenvalue weighted by Crippen LogP contribution is 2.30. The van der Waals surface area contributed by atoms with Crippen LogP contribution in [0.25, 0.3) is 11.5 Å². The van der Waals surface area contributed by atoms with E-state index in [4.69, 9.17) is 9.15 Å². The zero-order chi connectivity index (χ0) is 14.0. The molecule has 19 heavy (non-hydrogen) atoms. The Hall–Kier alpha value is -1.77. The lowest BCUT2D eigenvalue weighted by molar-refractivity contribution is 0.340. The highest BCUT2D eigenvalue weighted by atomic mass is 16.5. The van der Waals surface area contributed by atoms with Crippen LogP contribution in [0.2, 0.25) is 0 Å². The average Bonchev–Trinajstić information content (AvgIpc) is 2.72. The summed E-state index contributed by atoms with van der Waals surface area (Å²) in [5.74, 6) is 2.42.